The summed E-state index contributed by atoms with van der Waals surface area (Å²) in [7, 11) is 0. The number of hydrogen-bond acceptors (Lipinski definition) is 4. The summed E-state index contributed by atoms with van der Waals surface area (Å²) in [6.45, 7) is 4.03. The van der Waals surface area contributed by atoms with Crippen LogP contribution in [-0.4, -0.2) is 34.5 Å². The van der Waals surface area contributed by atoms with Crippen molar-refractivity contribution in [1.29, 1.82) is 0 Å². The molecule has 0 aliphatic heterocycles. The van der Waals surface area contributed by atoms with Gasteiger partial charge in [0.2, 0.25) is 0 Å². The molecule has 0 spiro atoms. The molecule has 0 aromatic carbocycles. The first kappa shape index (κ1) is 17.4. The number of rotatable bonds is 2. The van der Waals surface area contributed by atoms with Crippen LogP contribution in [0.15, 0.2) is 11.6 Å². The molecule has 0 bridgehead atoms. The zero-order chi connectivity index (χ0) is 18.0. The van der Waals surface area contributed by atoms with Gasteiger partial charge in [0, 0.05) is 12.3 Å². The Balaban J connectivity index is 1.70. The number of ketones is 2. The average molecular weight is 346 g/mol. The maximum absolute atomic E-state index is 12.3. The van der Waals surface area contributed by atoms with E-state index in [0.29, 0.717) is 24.7 Å². The van der Waals surface area contributed by atoms with Crippen LogP contribution in [0.5, 0.6) is 0 Å². The molecule has 2 N–H and O–H groups in total. The predicted molar refractivity (Wildman–Crippen MR) is 93.7 cm³/mol. The van der Waals surface area contributed by atoms with Crippen molar-refractivity contribution >= 4 is 11.6 Å². The normalized spacial score (nSPS) is 49.0. The van der Waals surface area contributed by atoms with Crippen LogP contribution < -0.4 is 0 Å². The van der Waals surface area contributed by atoms with Crippen LogP contribution in [0, 0.1) is 34.5 Å². The van der Waals surface area contributed by atoms with Gasteiger partial charge in [0.25, 0.3) is 0 Å². The highest BCUT2D eigenvalue weighted by molar-refractivity contribution is 5.91. The summed E-state index contributed by atoms with van der Waals surface area (Å²) in [5.41, 5.74) is 0.979. The van der Waals surface area contributed by atoms with E-state index in [9.17, 15) is 19.8 Å². The molecule has 3 saturated carbocycles. The van der Waals surface area contributed by atoms with E-state index in [0.717, 1.165) is 32.1 Å². The maximum Gasteiger partial charge on any atom is 0.161 e. The van der Waals surface area contributed by atoms with Crippen LogP contribution in [0.2, 0.25) is 0 Å². The summed E-state index contributed by atoms with van der Waals surface area (Å²) in [6, 6.07) is 0. The van der Waals surface area contributed by atoms with Gasteiger partial charge in [-0.2, -0.15) is 0 Å². The standard InChI is InChI=1S/C21H30O4/c1-20-8-7-13(23)9-12(20)3-4-14-15-5-6-16(18(25)11-22)21(15,2)10-17(24)19(14)20/h9,14-17,19,22,24H,3-8,10-11H2,1-2H3/t14-,15+,16-,17+,19+,20+,21-/m1/s1. The van der Waals surface area contributed by atoms with E-state index in [4.69, 9.17) is 0 Å². The number of hydrogen-bond donors (Lipinski definition) is 2. The predicted octanol–water partition coefficient (Wildman–Crippen LogP) is 2.67. The summed E-state index contributed by atoms with van der Waals surface area (Å²) in [5.74, 6) is 1.12. The Kier molecular flexibility index (Phi) is 4.01. The highest BCUT2D eigenvalue weighted by Gasteiger charge is 2.62. The van der Waals surface area contributed by atoms with Gasteiger partial charge in [-0.25, -0.2) is 0 Å². The lowest BCUT2D eigenvalue weighted by atomic mass is 9.46. The quantitative estimate of drug-likeness (QED) is 0.806. The molecule has 7 atom stereocenters. The SMILES string of the molecule is C[C@@]12C[C@H](O)[C@@H]3[C@H](CCC4=CC(=O)CC[C@@]43C)[C@@H]1CC[C@@H]2C(=O)CO. The van der Waals surface area contributed by atoms with Gasteiger partial charge in [0.05, 0.1) is 6.10 Å². The van der Waals surface area contributed by atoms with Gasteiger partial charge in [-0.1, -0.05) is 19.4 Å². The molecule has 0 heterocycles. The minimum atomic E-state index is -0.430. The topological polar surface area (TPSA) is 74.6 Å². The largest absolute Gasteiger partial charge is 0.393 e. The molecule has 0 aromatic heterocycles. The van der Waals surface area contributed by atoms with Crippen molar-refractivity contribution in [2.45, 2.75) is 64.9 Å². The molecule has 3 fully saturated rings. The van der Waals surface area contributed by atoms with Crippen molar-refractivity contribution in [1.82, 2.24) is 0 Å². The third kappa shape index (κ3) is 2.33. The third-order valence-corrected chi connectivity index (χ3v) is 8.44. The smallest absolute Gasteiger partial charge is 0.161 e. The second kappa shape index (κ2) is 5.75. The van der Waals surface area contributed by atoms with Crippen LogP contribution in [0.25, 0.3) is 0 Å². The summed E-state index contributed by atoms with van der Waals surface area (Å²) in [5, 5.41) is 20.5. The Morgan fingerprint density at radius 2 is 2.00 bits per heavy atom. The fourth-order valence-electron chi connectivity index (χ4n) is 7.33. The van der Waals surface area contributed by atoms with Gasteiger partial charge in [-0.15, -0.1) is 0 Å². The molecule has 4 aliphatic carbocycles. The van der Waals surface area contributed by atoms with Crippen LogP contribution in [0.1, 0.15) is 58.8 Å². The van der Waals surface area contributed by atoms with E-state index in [1.165, 1.54) is 5.57 Å². The number of Topliss-reactive ketones (excluding diaryl/α,β-unsaturated/α-hetero) is 1. The number of allylic oxidation sites excluding steroid dienone is 1. The molecule has 0 saturated heterocycles. The van der Waals surface area contributed by atoms with Crippen LogP contribution in [0.3, 0.4) is 0 Å². The lowest BCUT2D eigenvalue weighted by molar-refractivity contribution is -0.146. The van der Waals surface area contributed by atoms with Crippen LogP contribution in [-0.2, 0) is 9.59 Å². The van der Waals surface area contributed by atoms with Gasteiger partial charge in [0.15, 0.2) is 11.6 Å². The Hall–Kier alpha value is -1.00. The minimum absolute atomic E-state index is 0.0541. The highest BCUT2D eigenvalue weighted by atomic mass is 16.3. The molecule has 4 heteroatoms. The Labute approximate surface area is 149 Å². The molecule has 138 valence electrons. The van der Waals surface area contributed by atoms with Crippen molar-refractivity contribution in [2.75, 3.05) is 6.61 Å². The van der Waals surface area contributed by atoms with Crippen molar-refractivity contribution in [3.8, 4) is 0 Å². The lowest BCUT2D eigenvalue weighted by Crippen LogP contribution is -2.57. The van der Waals surface area contributed by atoms with Crippen LogP contribution in [0.4, 0.5) is 0 Å². The van der Waals surface area contributed by atoms with E-state index in [1.807, 2.05) is 6.08 Å². The second-order valence-corrected chi connectivity index (χ2v) is 9.42. The molecule has 0 aromatic rings. The monoisotopic (exact) mass is 346 g/mol. The van der Waals surface area contributed by atoms with E-state index >= 15 is 0 Å². The van der Waals surface area contributed by atoms with Gasteiger partial charge >= 0.3 is 0 Å². The number of fused-ring (bicyclic) bond motifs is 5. The van der Waals surface area contributed by atoms with Gasteiger partial charge in [-0.05, 0) is 73.2 Å². The number of carbonyl (C=O) groups excluding carboxylic acids is 2. The third-order valence-electron chi connectivity index (χ3n) is 8.44. The molecule has 25 heavy (non-hydrogen) atoms. The number of aliphatic hydroxyl groups is 2. The van der Waals surface area contributed by atoms with Crippen LogP contribution >= 0.6 is 0 Å². The van der Waals surface area contributed by atoms with Crippen molar-refractivity contribution < 1.29 is 19.8 Å². The van der Waals surface area contributed by atoms with E-state index < -0.39 is 6.10 Å². The molecular weight excluding hydrogens is 316 g/mol. The summed E-state index contributed by atoms with van der Waals surface area (Å²) >= 11 is 0. The summed E-state index contributed by atoms with van der Waals surface area (Å²) in [6.07, 6.45) is 7.32. The number of aliphatic hydroxyl groups excluding tert-OH is 2. The highest BCUT2D eigenvalue weighted by Crippen LogP contribution is 2.66. The molecule has 4 aliphatic rings. The molecule has 4 rings (SSSR count). The summed E-state index contributed by atoms with van der Waals surface area (Å²) in [4.78, 5) is 24.2. The van der Waals surface area contributed by atoms with E-state index in [1.54, 1.807) is 0 Å². The Morgan fingerprint density at radius 1 is 1.24 bits per heavy atom. The van der Waals surface area contributed by atoms with Gasteiger partial charge in [-0.3, -0.25) is 9.59 Å². The second-order valence-electron chi connectivity index (χ2n) is 9.42. The average Bonchev–Trinajstić information content (AvgIpc) is 2.91. The first-order valence-electron chi connectivity index (χ1n) is 9.87. The lowest BCUT2D eigenvalue weighted by Gasteiger charge is -2.59. The summed E-state index contributed by atoms with van der Waals surface area (Å²) < 4.78 is 0. The minimum Gasteiger partial charge on any atom is -0.393 e. The first-order valence-corrected chi connectivity index (χ1v) is 9.87. The molecular formula is C21H30O4. The van der Waals surface area contributed by atoms with Gasteiger partial charge < -0.3 is 10.2 Å². The first-order chi connectivity index (χ1) is 11.8. The zero-order valence-electron chi connectivity index (χ0n) is 15.3. The Morgan fingerprint density at radius 3 is 2.72 bits per heavy atom. The van der Waals surface area contributed by atoms with Crippen molar-refractivity contribution in [3.05, 3.63) is 11.6 Å². The molecule has 4 nitrogen and oxygen atoms in total. The fourth-order valence-corrected chi connectivity index (χ4v) is 7.33. The van der Waals surface area contributed by atoms with Crippen molar-refractivity contribution in [2.24, 2.45) is 34.5 Å². The van der Waals surface area contributed by atoms with E-state index in [-0.39, 0.29) is 40.8 Å². The molecule has 0 unspecified atom stereocenters. The molecule has 0 amide bonds. The zero-order valence-corrected chi connectivity index (χ0v) is 15.3. The molecule has 0 radical (unpaired) electrons. The Bertz CT molecular complexity index is 638. The van der Waals surface area contributed by atoms with Gasteiger partial charge in [0.1, 0.15) is 6.61 Å². The number of carbonyl (C=O) groups is 2. The fraction of sp³-hybridized carbons (Fsp3) is 0.810. The van der Waals surface area contributed by atoms with E-state index in [2.05, 4.69) is 13.8 Å². The maximum atomic E-state index is 12.3. The van der Waals surface area contributed by atoms with Crippen molar-refractivity contribution in [3.63, 3.8) is 0 Å².